The maximum atomic E-state index is 6.01. The van der Waals surface area contributed by atoms with E-state index < -0.39 is 0 Å². The molecule has 2 aromatic heterocycles. The molecule has 0 bridgehead atoms. The molecule has 0 atom stereocenters. The lowest BCUT2D eigenvalue weighted by atomic mass is 10.4. The number of aromatic nitrogens is 1. The second-order valence-corrected chi connectivity index (χ2v) is 5.74. The fourth-order valence-electron chi connectivity index (χ4n) is 1.36. The van der Waals surface area contributed by atoms with Gasteiger partial charge in [-0.05, 0) is 25.1 Å². The standard InChI is InChI=1S/C11H11Cl2N3S/c1-6-2-3-7(17-6)5-15-11-9(13)4-8(12)10(14)16-11/h2-4H,5H2,1H3,(H3,14,15,16). The van der Waals surface area contributed by atoms with Crippen LogP contribution in [0.5, 0.6) is 0 Å². The number of thiophene rings is 1. The fourth-order valence-corrected chi connectivity index (χ4v) is 2.61. The smallest absolute Gasteiger partial charge is 0.147 e. The molecule has 0 aliphatic carbocycles. The van der Waals surface area contributed by atoms with Crippen LogP contribution in [0.1, 0.15) is 9.75 Å². The molecule has 0 spiro atoms. The lowest BCUT2D eigenvalue weighted by Gasteiger charge is -2.07. The van der Waals surface area contributed by atoms with Gasteiger partial charge < -0.3 is 11.1 Å². The topological polar surface area (TPSA) is 50.9 Å². The lowest BCUT2D eigenvalue weighted by molar-refractivity contribution is 1.14. The summed E-state index contributed by atoms with van der Waals surface area (Å²) in [7, 11) is 0. The summed E-state index contributed by atoms with van der Waals surface area (Å²) >= 11 is 13.5. The number of hydrogen-bond acceptors (Lipinski definition) is 4. The summed E-state index contributed by atoms with van der Waals surface area (Å²) in [6, 6.07) is 5.74. The molecular weight excluding hydrogens is 277 g/mol. The Labute approximate surface area is 114 Å². The number of pyridine rings is 1. The number of anilines is 2. The van der Waals surface area contributed by atoms with Crippen LogP contribution in [0.2, 0.25) is 10.0 Å². The molecule has 0 aliphatic rings. The molecule has 0 radical (unpaired) electrons. The quantitative estimate of drug-likeness (QED) is 0.899. The van der Waals surface area contributed by atoms with Crippen molar-refractivity contribution >= 4 is 46.2 Å². The first-order valence-corrected chi connectivity index (χ1v) is 6.54. The third kappa shape index (κ3) is 3.03. The largest absolute Gasteiger partial charge is 0.382 e. The van der Waals surface area contributed by atoms with Crippen molar-refractivity contribution in [1.82, 2.24) is 4.98 Å². The van der Waals surface area contributed by atoms with E-state index in [2.05, 4.69) is 29.4 Å². The molecule has 0 saturated heterocycles. The van der Waals surface area contributed by atoms with Crippen molar-refractivity contribution in [1.29, 1.82) is 0 Å². The maximum Gasteiger partial charge on any atom is 0.147 e. The number of nitrogens with two attached hydrogens (primary N) is 1. The van der Waals surface area contributed by atoms with Gasteiger partial charge in [0.1, 0.15) is 11.6 Å². The number of nitrogens with zero attached hydrogens (tertiary/aromatic N) is 1. The third-order valence-corrected chi connectivity index (χ3v) is 3.77. The third-order valence-electron chi connectivity index (χ3n) is 2.18. The Kier molecular flexibility index (Phi) is 3.76. The molecule has 0 fully saturated rings. The summed E-state index contributed by atoms with van der Waals surface area (Å²) in [5.74, 6) is 0.834. The molecule has 2 aromatic rings. The normalized spacial score (nSPS) is 10.5. The Morgan fingerprint density at radius 1 is 1.35 bits per heavy atom. The van der Waals surface area contributed by atoms with E-state index in [-0.39, 0.29) is 5.82 Å². The van der Waals surface area contributed by atoms with Crippen LogP contribution in [-0.4, -0.2) is 4.98 Å². The van der Waals surface area contributed by atoms with Gasteiger partial charge in [-0.15, -0.1) is 11.3 Å². The van der Waals surface area contributed by atoms with Crippen LogP contribution < -0.4 is 11.1 Å². The number of nitrogens with one attached hydrogen (secondary N) is 1. The SMILES string of the molecule is Cc1ccc(CNc2nc(N)c(Cl)cc2Cl)s1. The minimum atomic E-state index is 0.279. The van der Waals surface area contributed by atoms with Crippen LogP contribution in [0.4, 0.5) is 11.6 Å². The average molecular weight is 288 g/mol. The van der Waals surface area contributed by atoms with Crippen LogP contribution in [0, 0.1) is 6.92 Å². The molecule has 0 aliphatic heterocycles. The zero-order valence-corrected chi connectivity index (χ0v) is 11.5. The summed E-state index contributed by atoms with van der Waals surface area (Å²) in [5.41, 5.74) is 5.62. The second-order valence-electron chi connectivity index (χ2n) is 3.55. The van der Waals surface area contributed by atoms with Gasteiger partial charge >= 0.3 is 0 Å². The van der Waals surface area contributed by atoms with Crippen molar-refractivity contribution in [2.24, 2.45) is 0 Å². The summed E-state index contributed by atoms with van der Waals surface area (Å²) in [5, 5.41) is 3.98. The molecule has 3 nitrogen and oxygen atoms in total. The lowest BCUT2D eigenvalue weighted by Crippen LogP contribution is -2.03. The molecule has 90 valence electrons. The van der Waals surface area contributed by atoms with E-state index in [0.717, 1.165) is 0 Å². The molecule has 6 heteroatoms. The number of halogens is 2. The van der Waals surface area contributed by atoms with Gasteiger partial charge in [0.15, 0.2) is 0 Å². The number of aryl methyl sites for hydroxylation is 1. The van der Waals surface area contributed by atoms with E-state index in [4.69, 9.17) is 28.9 Å². The molecule has 17 heavy (non-hydrogen) atoms. The van der Waals surface area contributed by atoms with E-state index in [1.165, 1.54) is 9.75 Å². The van der Waals surface area contributed by atoms with Crippen LogP contribution in [-0.2, 0) is 6.54 Å². The number of nitrogen functional groups attached to an aromatic ring is 1. The first-order valence-electron chi connectivity index (χ1n) is 4.97. The summed E-state index contributed by atoms with van der Waals surface area (Å²) in [4.78, 5) is 6.59. The summed E-state index contributed by atoms with van der Waals surface area (Å²) in [6.07, 6.45) is 0. The van der Waals surface area contributed by atoms with Gasteiger partial charge in [-0.25, -0.2) is 4.98 Å². The molecule has 0 amide bonds. The van der Waals surface area contributed by atoms with E-state index in [1.807, 2.05) is 0 Å². The van der Waals surface area contributed by atoms with Crippen molar-refractivity contribution in [3.05, 3.63) is 38.0 Å². The zero-order chi connectivity index (χ0) is 12.4. The van der Waals surface area contributed by atoms with Crippen molar-refractivity contribution in [2.75, 3.05) is 11.1 Å². The molecule has 3 N–H and O–H groups in total. The zero-order valence-electron chi connectivity index (χ0n) is 9.13. The van der Waals surface area contributed by atoms with Crippen molar-refractivity contribution in [3.63, 3.8) is 0 Å². The van der Waals surface area contributed by atoms with Gasteiger partial charge in [0.25, 0.3) is 0 Å². The van der Waals surface area contributed by atoms with Gasteiger partial charge in [-0.3, -0.25) is 0 Å². The average Bonchev–Trinajstić information content (AvgIpc) is 2.68. The first kappa shape index (κ1) is 12.5. The highest BCUT2D eigenvalue weighted by molar-refractivity contribution is 7.11. The highest BCUT2D eigenvalue weighted by atomic mass is 35.5. The monoisotopic (exact) mass is 287 g/mol. The molecular formula is C11H11Cl2N3S. The van der Waals surface area contributed by atoms with Crippen LogP contribution in [0.25, 0.3) is 0 Å². The van der Waals surface area contributed by atoms with Gasteiger partial charge in [0.2, 0.25) is 0 Å². The van der Waals surface area contributed by atoms with Crippen molar-refractivity contribution in [2.45, 2.75) is 13.5 Å². The summed E-state index contributed by atoms with van der Waals surface area (Å²) in [6.45, 7) is 2.74. The van der Waals surface area contributed by atoms with Crippen molar-refractivity contribution < 1.29 is 0 Å². The van der Waals surface area contributed by atoms with Crippen LogP contribution >= 0.6 is 34.5 Å². The Hall–Kier alpha value is -0.970. The molecule has 0 aromatic carbocycles. The van der Waals surface area contributed by atoms with Gasteiger partial charge in [0, 0.05) is 9.75 Å². The van der Waals surface area contributed by atoms with E-state index in [1.54, 1.807) is 17.4 Å². The Morgan fingerprint density at radius 3 is 2.76 bits per heavy atom. The predicted molar refractivity (Wildman–Crippen MR) is 75.1 cm³/mol. The van der Waals surface area contributed by atoms with E-state index in [0.29, 0.717) is 22.4 Å². The minimum Gasteiger partial charge on any atom is -0.382 e. The molecule has 0 unspecified atom stereocenters. The summed E-state index contributed by atoms with van der Waals surface area (Å²) < 4.78 is 0. The van der Waals surface area contributed by atoms with Gasteiger partial charge in [0.05, 0.1) is 16.6 Å². The van der Waals surface area contributed by atoms with Crippen LogP contribution in [0.15, 0.2) is 18.2 Å². The molecule has 2 heterocycles. The van der Waals surface area contributed by atoms with Crippen molar-refractivity contribution in [3.8, 4) is 0 Å². The number of hydrogen-bond donors (Lipinski definition) is 2. The predicted octanol–water partition coefficient (Wildman–Crippen LogP) is 3.95. The van der Waals surface area contributed by atoms with Gasteiger partial charge in [-0.1, -0.05) is 23.2 Å². The molecule has 0 saturated carbocycles. The molecule has 2 rings (SSSR count). The fraction of sp³-hybridized carbons (Fsp3) is 0.182. The van der Waals surface area contributed by atoms with Crippen LogP contribution in [0.3, 0.4) is 0 Å². The highest BCUT2D eigenvalue weighted by Crippen LogP contribution is 2.28. The van der Waals surface area contributed by atoms with E-state index >= 15 is 0 Å². The highest BCUT2D eigenvalue weighted by Gasteiger charge is 2.07. The first-order chi connectivity index (χ1) is 8.06. The van der Waals surface area contributed by atoms with Gasteiger partial charge in [-0.2, -0.15) is 0 Å². The Balaban J connectivity index is 2.11. The second kappa shape index (κ2) is 5.12. The maximum absolute atomic E-state index is 6.01. The van der Waals surface area contributed by atoms with E-state index in [9.17, 15) is 0 Å². The Morgan fingerprint density at radius 2 is 2.12 bits per heavy atom. The number of rotatable bonds is 3. The Bertz CT molecular complexity index is 540. The minimum absolute atomic E-state index is 0.279.